The lowest BCUT2D eigenvalue weighted by Crippen LogP contribution is -2.45. The van der Waals surface area contributed by atoms with Crippen molar-refractivity contribution < 1.29 is 44.3 Å². The van der Waals surface area contributed by atoms with E-state index in [-0.39, 0.29) is 5.56 Å². The van der Waals surface area contributed by atoms with Gasteiger partial charge in [0.25, 0.3) is 6.17 Å². The largest absolute Gasteiger partial charge is 0.439 e. The summed E-state index contributed by atoms with van der Waals surface area (Å²) in [7, 11) is 0. The average molecular weight is 492 g/mol. The number of hydrogen-bond donors (Lipinski definition) is 0. The van der Waals surface area contributed by atoms with Gasteiger partial charge < -0.3 is 4.74 Å². The molecule has 10 heteroatoms. The maximum absolute atomic E-state index is 15.4. The highest BCUT2D eigenvalue weighted by atomic mass is 19.4. The van der Waals surface area contributed by atoms with Crippen LogP contribution < -0.4 is 4.74 Å². The molecule has 0 aromatic heterocycles. The molecule has 0 N–H and O–H groups in total. The quantitative estimate of drug-likeness (QED) is 0.302. The fraction of sp³-hybridized carbons (Fsp3) is 0.250. The van der Waals surface area contributed by atoms with E-state index in [4.69, 9.17) is 0 Å². The van der Waals surface area contributed by atoms with Gasteiger partial charge in [0.05, 0.1) is 5.56 Å². The van der Waals surface area contributed by atoms with Gasteiger partial charge in [-0.2, -0.15) is 22.0 Å². The van der Waals surface area contributed by atoms with E-state index in [1.807, 2.05) is 6.92 Å². The Hall–Kier alpha value is -3.17. The van der Waals surface area contributed by atoms with E-state index in [1.165, 1.54) is 12.1 Å². The van der Waals surface area contributed by atoms with E-state index >= 15 is 4.39 Å². The second-order valence-corrected chi connectivity index (χ2v) is 7.41. The molecule has 0 aliphatic carbocycles. The Bertz CT molecular complexity index is 1130. The summed E-state index contributed by atoms with van der Waals surface area (Å²) in [6.07, 6.45) is -14.7. The molecule has 0 saturated carbocycles. The molecular formula is C24H17F9O. The summed E-state index contributed by atoms with van der Waals surface area (Å²) in [5.74, 6) is -5.26. The maximum atomic E-state index is 15.4. The monoisotopic (exact) mass is 492 g/mol. The van der Waals surface area contributed by atoms with Gasteiger partial charge in [-0.3, -0.25) is 0 Å². The lowest BCUT2D eigenvalue weighted by atomic mass is 9.92. The number of hydrogen-bond acceptors (Lipinski definition) is 1. The van der Waals surface area contributed by atoms with Gasteiger partial charge >= 0.3 is 12.3 Å². The first-order chi connectivity index (χ1) is 15.9. The number of alkyl halides is 6. The van der Waals surface area contributed by atoms with E-state index in [9.17, 15) is 35.1 Å². The van der Waals surface area contributed by atoms with Gasteiger partial charge in [0.1, 0.15) is 11.6 Å². The summed E-state index contributed by atoms with van der Waals surface area (Å²) in [6, 6.07) is 9.98. The van der Waals surface area contributed by atoms with E-state index in [2.05, 4.69) is 4.74 Å². The lowest BCUT2D eigenvalue weighted by molar-refractivity contribution is -0.305. The van der Waals surface area contributed by atoms with E-state index < -0.39 is 58.3 Å². The molecule has 0 aliphatic rings. The molecule has 0 saturated heterocycles. The second-order valence-electron chi connectivity index (χ2n) is 7.41. The van der Waals surface area contributed by atoms with Gasteiger partial charge in [-0.15, -0.1) is 0 Å². The van der Waals surface area contributed by atoms with Crippen LogP contribution >= 0.6 is 0 Å². The fourth-order valence-corrected chi connectivity index (χ4v) is 3.40. The highest BCUT2D eigenvalue weighted by Crippen LogP contribution is 2.43. The summed E-state index contributed by atoms with van der Waals surface area (Å²) in [4.78, 5) is 0. The molecule has 0 spiro atoms. The normalized spacial score (nSPS) is 13.1. The molecule has 182 valence electrons. The molecule has 0 heterocycles. The van der Waals surface area contributed by atoms with Crippen molar-refractivity contribution in [2.24, 2.45) is 0 Å². The number of ether oxygens (including phenoxy) is 1. The zero-order valence-electron chi connectivity index (χ0n) is 17.5. The van der Waals surface area contributed by atoms with Crippen LogP contribution in [-0.4, -0.2) is 18.5 Å². The Morgan fingerprint density at radius 2 is 1.38 bits per heavy atom. The van der Waals surface area contributed by atoms with Crippen molar-refractivity contribution in [1.82, 2.24) is 0 Å². The van der Waals surface area contributed by atoms with Gasteiger partial charge in [-0.05, 0) is 47.4 Å². The van der Waals surface area contributed by atoms with Crippen LogP contribution in [0.5, 0.6) is 5.75 Å². The first-order valence-electron chi connectivity index (χ1n) is 10.0. The van der Waals surface area contributed by atoms with Crippen LogP contribution in [0.3, 0.4) is 0 Å². The van der Waals surface area contributed by atoms with Gasteiger partial charge in [-0.1, -0.05) is 43.7 Å². The summed E-state index contributed by atoms with van der Waals surface area (Å²) in [5, 5.41) is 0. The van der Waals surface area contributed by atoms with E-state index in [0.29, 0.717) is 12.5 Å². The third kappa shape index (κ3) is 5.15. The number of benzene rings is 3. The zero-order valence-corrected chi connectivity index (χ0v) is 17.5. The van der Waals surface area contributed by atoms with Crippen molar-refractivity contribution >= 4 is 0 Å². The highest BCUT2D eigenvalue weighted by molar-refractivity contribution is 5.85. The molecule has 0 fully saturated rings. The van der Waals surface area contributed by atoms with Crippen molar-refractivity contribution in [2.75, 3.05) is 0 Å². The van der Waals surface area contributed by atoms with Crippen LogP contribution in [-0.2, 0) is 6.42 Å². The Morgan fingerprint density at radius 3 is 1.91 bits per heavy atom. The third-order valence-corrected chi connectivity index (χ3v) is 4.95. The molecule has 34 heavy (non-hydrogen) atoms. The van der Waals surface area contributed by atoms with Crippen molar-refractivity contribution in [2.45, 2.75) is 38.2 Å². The number of halogens is 9. The van der Waals surface area contributed by atoms with Crippen LogP contribution in [0.1, 0.15) is 18.9 Å². The number of aryl methyl sites for hydroxylation is 1. The van der Waals surface area contributed by atoms with Crippen molar-refractivity contribution in [3.05, 3.63) is 77.6 Å². The summed E-state index contributed by atoms with van der Waals surface area (Å²) in [5.41, 5.74) is -0.889. The van der Waals surface area contributed by atoms with Gasteiger partial charge in [-0.25, -0.2) is 17.6 Å². The van der Waals surface area contributed by atoms with Gasteiger partial charge in [0.2, 0.25) is 0 Å². The Balaban J connectivity index is 2.20. The first-order valence-corrected chi connectivity index (χ1v) is 10.0. The van der Waals surface area contributed by atoms with Crippen LogP contribution in [0.2, 0.25) is 0 Å². The summed E-state index contributed by atoms with van der Waals surface area (Å²) < 4.78 is 126. The summed E-state index contributed by atoms with van der Waals surface area (Å²) in [6.45, 7) is 1.91. The molecule has 1 atom stereocenters. The van der Waals surface area contributed by atoms with E-state index in [0.717, 1.165) is 36.2 Å². The van der Waals surface area contributed by atoms with Gasteiger partial charge in [0.15, 0.2) is 11.6 Å². The molecule has 1 nitrogen and oxygen atoms in total. The van der Waals surface area contributed by atoms with Crippen molar-refractivity contribution in [1.29, 1.82) is 0 Å². The highest BCUT2D eigenvalue weighted by Gasteiger charge is 2.59. The minimum Gasteiger partial charge on any atom is -0.427 e. The molecule has 0 aliphatic heterocycles. The Kier molecular flexibility index (Phi) is 7.18. The topological polar surface area (TPSA) is 9.23 Å². The summed E-state index contributed by atoms with van der Waals surface area (Å²) >= 11 is 0. The second kappa shape index (κ2) is 9.60. The van der Waals surface area contributed by atoms with E-state index in [1.54, 1.807) is 12.1 Å². The zero-order chi connectivity index (χ0) is 25.3. The van der Waals surface area contributed by atoms with Crippen LogP contribution in [0.25, 0.3) is 22.3 Å². The SMILES string of the molecule is CCCc1ccc(-c2c(-c3c(F)cccc3F)ccc(OC(F)(F)C(F)C(F)(F)F)c2F)cc1. The standard InChI is InChI=1S/C24H17F9O/c1-2-4-13-7-9-14(10-8-13)19-15(20-16(25)5-3-6-17(20)26)11-12-18(21(19)27)34-24(32,33)22(28)23(29,30)31/h3,5-12,22H,2,4H2,1H3. The Morgan fingerprint density at radius 1 is 0.794 bits per heavy atom. The molecule has 0 bridgehead atoms. The molecular weight excluding hydrogens is 475 g/mol. The molecule has 3 rings (SSSR count). The average Bonchev–Trinajstić information content (AvgIpc) is 2.75. The lowest BCUT2D eigenvalue weighted by Gasteiger charge is -2.24. The molecule has 0 amide bonds. The van der Waals surface area contributed by atoms with Crippen LogP contribution in [0, 0.1) is 17.5 Å². The first kappa shape index (κ1) is 25.5. The van der Waals surface area contributed by atoms with Crippen molar-refractivity contribution in [3.63, 3.8) is 0 Å². The van der Waals surface area contributed by atoms with Crippen molar-refractivity contribution in [3.8, 4) is 28.0 Å². The fourth-order valence-electron chi connectivity index (χ4n) is 3.40. The van der Waals surface area contributed by atoms with Crippen LogP contribution in [0.4, 0.5) is 39.5 Å². The molecule has 0 radical (unpaired) electrons. The minimum atomic E-state index is -5.98. The smallest absolute Gasteiger partial charge is 0.427 e. The third-order valence-electron chi connectivity index (χ3n) is 4.95. The van der Waals surface area contributed by atoms with Crippen LogP contribution in [0.15, 0.2) is 54.6 Å². The molecule has 3 aromatic rings. The molecule has 1 unspecified atom stereocenters. The van der Waals surface area contributed by atoms with Gasteiger partial charge in [0, 0.05) is 5.56 Å². The number of rotatable bonds is 7. The predicted molar refractivity (Wildman–Crippen MR) is 108 cm³/mol. The maximum Gasteiger partial charge on any atom is 0.439 e. The minimum absolute atomic E-state index is 0.0172. The molecule has 3 aromatic carbocycles. The Labute approximate surface area is 188 Å². The predicted octanol–water partition coefficient (Wildman–Crippen LogP) is 8.26.